The smallest absolute Gasteiger partial charge is 0.0698 e. The van der Waals surface area contributed by atoms with Crippen LogP contribution in [0, 0.1) is 5.41 Å². The van der Waals surface area contributed by atoms with Crippen molar-refractivity contribution in [3.63, 3.8) is 0 Å². The number of hydrogen-bond donors (Lipinski definition) is 0. The van der Waals surface area contributed by atoms with Crippen molar-refractivity contribution in [2.24, 2.45) is 10.4 Å². The highest BCUT2D eigenvalue weighted by Crippen LogP contribution is 2.44. The van der Waals surface area contributed by atoms with E-state index in [0.29, 0.717) is 11.8 Å². The lowest BCUT2D eigenvalue weighted by molar-refractivity contribution is 0.281. The molecule has 1 nitrogen and oxygen atoms in total. The van der Waals surface area contributed by atoms with Gasteiger partial charge in [0.05, 0.1) is 5.69 Å². The molecule has 2 rings (SSSR count). The van der Waals surface area contributed by atoms with E-state index in [0.717, 1.165) is 6.42 Å². The Bertz CT molecular complexity index is 601. The maximum Gasteiger partial charge on any atom is 0.0698 e. The summed E-state index contributed by atoms with van der Waals surface area (Å²) in [6.07, 6.45) is 7.62. The normalized spacial score (nSPS) is 18.0. The van der Waals surface area contributed by atoms with Crippen molar-refractivity contribution in [1.82, 2.24) is 0 Å². The lowest BCUT2D eigenvalue weighted by Crippen LogP contribution is -2.32. The van der Waals surface area contributed by atoms with Gasteiger partial charge in [-0.25, -0.2) is 0 Å². The zero-order valence-corrected chi connectivity index (χ0v) is 17.3. The summed E-state index contributed by atoms with van der Waals surface area (Å²) < 4.78 is 0. The van der Waals surface area contributed by atoms with Gasteiger partial charge in [-0.1, -0.05) is 70.7 Å². The van der Waals surface area contributed by atoms with Crippen LogP contribution in [0.25, 0.3) is 0 Å². The Labute approximate surface area is 155 Å². The van der Waals surface area contributed by atoms with E-state index in [-0.39, 0.29) is 5.41 Å². The maximum atomic E-state index is 5.33. The summed E-state index contributed by atoms with van der Waals surface area (Å²) in [6.45, 7) is 17.8. The molecule has 0 radical (unpaired) electrons. The van der Waals surface area contributed by atoms with Gasteiger partial charge in [-0.3, -0.25) is 4.99 Å². The fraction of sp³-hybridized carbons (Fsp3) is 0.625. The molecule has 25 heavy (non-hydrogen) atoms. The number of rotatable bonds is 6. The monoisotopic (exact) mass is 339 g/mol. The van der Waals surface area contributed by atoms with E-state index in [1.165, 1.54) is 60.2 Å². The minimum Gasteiger partial charge on any atom is -0.257 e. The lowest BCUT2D eigenvalue weighted by Gasteiger charge is -2.38. The van der Waals surface area contributed by atoms with Crippen LogP contribution in [0.4, 0.5) is 5.69 Å². The zero-order valence-electron chi connectivity index (χ0n) is 17.3. The second-order valence-corrected chi connectivity index (χ2v) is 8.77. The zero-order chi connectivity index (χ0) is 18.6. The van der Waals surface area contributed by atoms with E-state index in [9.17, 15) is 0 Å². The first-order chi connectivity index (χ1) is 11.8. The molecule has 1 aromatic carbocycles. The number of para-hydroxylation sites is 1. The molecule has 1 saturated carbocycles. The topological polar surface area (TPSA) is 12.4 Å². The summed E-state index contributed by atoms with van der Waals surface area (Å²) in [5.41, 5.74) is 6.83. The first-order valence-electron chi connectivity index (χ1n) is 10.1. The van der Waals surface area contributed by atoms with Gasteiger partial charge in [-0.2, -0.15) is 0 Å². The van der Waals surface area contributed by atoms with Crippen molar-refractivity contribution in [1.29, 1.82) is 0 Å². The second kappa shape index (κ2) is 8.34. The van der Waals surface area contributed by atoms with Crippen LogP contribution in [0.3, 0.4) is 0 Å². The maximum absolute atomic E-state index is 5.33. The van der Waals surface area contributed by atoms with Crippen LogP contribution in [0.1, 0.15) is 103 Å². The average Bonchev–Trinajstić information content (AvgIpc) is 2.54. The first-order valence-corrected chi connectivity index (χ1v) is 10.1. The molecular formula is C24H37N. The van der Waals surface area contributed by atoms with Gasteiger partial charge in [-0.15, -0.1) is 6.58 Å². The van der Waals surface area contributed by atoms with Gasteiger partial charge >= 0.3 is 0 Å². The summed E-state index contributed by atoms with van der Waals surface area (Å²) in [6, 6.07) is 6.72. The number of hydrogen-bond acceptors (Lipinski definition) is 1. The molecule has 1 aromatic rings. The van der Waals surface area contributed by atoms with Crippen molar-refractivity contribution in [2.45, 2.75) is 91.9 Å². The van der Waals surface area contributed by atoms with Gasteiger partial charge in [-0.05, 0) is 56.1 Å². The number of nitrogens with zero attached hydrogens (tertiary/aromatic N) is 1. The molecule has 1 heteroatoms. The van der Waals surface area contributed by atoms with Crippen molar-refractivity contribution < 1.29 is 0 Å². The molecule has 1 fully saturated rings. The largest absolute Gasteiger partial charge is 0.257 e. The van der Waals surface area contributed by atoms with Crippen molar-refractivity contribution in [3.8, 4) is 0 Å². The highest BCUT2D eigenvalue weighted by Gasteiger charge is 2.35. The molecule has 1 aliphatic rings. The van der Waals surface area contributed by atoms with E-state index >= 15 is 0 Å². The predicted molar refractivity (Wildman–Crippen MR) is 112 cm³/mol. The fourth-order valence-electron chi connectivity index (χ4n) is 4.40. The van der Waals surface area contributed by atoms with Crippen LogP contribution in [0.15, 0.2) is 35.3 Å². The average molecular weight is 340 g/mol. The predicted octanol–water partition coefficient (Wildman–Crippen LogP) is 7.94. The van der Waals surface area contributed by atoms with Crippen LogP contribution >= 0.6 is 0 Å². The molecule has 0 N–H and O–H groups in total. The summed E-state index contributed by atoms with van der Waals surface area (Å²) >= 11 is 0. The molecule has 0 amide bonds. The van der Waals surface area contributed by atoms with Crippen LogP contribution in [0.5, 0.6) is 0 Å². The standard InChI is InChI=1S/C24H37N/c1-17(2)16-24(14-9-8-10-15-24)20(7)25-23-21(18(3)4)12-11-13-22(23)19(5)6/h11-13,18-19H,1,8-10,14-16H2,2-7H3. The van der Waals surface area contributed by atoms with Gasteiger partial charge in [0.25, 0.3) is 0 Å². The third-order valence-corrected chi connectivity index (χ3v) is 5.84. The Kier molecular flexibility index (Phi) is 6.65. The fourth-order valence-corrected chi connectivity index (χ4v) is 4.40. The minimum absolute atomic E-state index is 0.225. The van der Waals surface area contributed by atoms with Crippen LogP contribution in [-0.4, -0.2) is 5.71 Å². The van der Waals surface area contributed by atoms with Gasteiger partial charge in [0.2, 0.25) is 0 Å². The van der Waals surface area contributed by atoms with Crippen LogP contribution in [-0.2, 0) is 0 Å². The molecule has 0 aromatic heterocycles. The van der Waals surface area contributed by atoms with E-state index in [1.54, 1.807) is 0 Å². The third kappa shape index (κ3) is 4.63. The first kappa shape index (κ1) is 19.9. The summed E-state index contributed by atoms with van der Waals surface area (Å²) in [5, 5.41) is 0. The summed E-state index contributed by atoms with van der Waals surface area (Å²) in [4.78, 5) is 5.33. The van der Waals surface area contributed by atoms with E-state index in [1.807, 2.05) is 0 Å². The Balaban J connectivity index is 2.54. The molecule has 0 bridgehead atoms. The van der Waals surface area contributed by atoms with Gasteiger partial charge in [0.1, 0.15) is 0 Å². The van der Waals surface area contributed by atoms with Crippen molar-refractivity contribution in [3.05, 3.63) is 41.5 Å². The Hall–Kier alpha value is -1.37. The quantitative estimate of drug-likeness (QED) is 0.368. The van der Waals surface area contributed by atoms with Crippen LogP contribution in [0.2, 0.25) is 0 Å². The van der Waals surface area contributed by atoms with Gasteiger partial charge in [0, 0.05) is 11.1 Å². The molecule has 0 spiro atoms. The highest BCUT2D eigenvalue weighted by molar-refractivity contribution is 5.91. The minimum atomic E-state index is 0.225. The van der Waals surface area contributed by atoms with Gasteiger partial charge < -0.3 is 0 Å². The Morgan fingerprint density at radius 1 is 1.00 bits per heavy atom. The number of allylic oxidation sites excluding steroid dienone is 1. The highest BCUT2D eigenvalue weighted by atomic mass is 14.8. The molecule has 138 valence electrons. The van der Waals surface area contributed by atoms with E-state index in [4.69, 9.17) is 4.99 Å². The van der Waals surface area contributed by atoms with Crippen molar-refractivity contribution in [2.75, 3.05) is 0 Å². The third-order valence-electron chi connectivity index (χ3n) is 5.84. The van der Waals surface area contributed by atoms with E-state index in [2.05, 4.69) is 66.3 Å². The molecular weight excluding hydrogens is 302 g/mol. The molecule has 0 heterocycles. The summed E-state index contributed by atoms with van der Waals surface area (Å²) in [7, 11) is 0. The molecule has 0 atom stereocenters. The molecule has 1 aliphatic carbocycles. The molecule has 0 aliphatic heterocycles. The lowest BCUT2D eigenvalue weighted by atomic mass is 9.67. The second-order valence-electron chi connectivity index (χ2n) is 8.77. The SMILES string of the molecule is C=C(C)CC1(C(C)=Nc2c(C(C)C)cccc2C(C)C)CCCCC1. The Morgan fingerprint density at radius 2 is 1.52 bits per heavy atom. The number of aliphatic imine (C=N–C) groups is 1. The van der Waals surface area contributed by atoms with Crippen LogP contribution < -0.4 is 0 Å². The molecule has 0 unspecified atom stereocenters. The van der Waals surface area contributed by atoms with Crippen molar-refractivity contribution >= 4 is 11.4 Å². The number of benzene rings is 1. The molecule has 0 saturated heterocycles. The van der Waals surface area contributed by atoms with Gasteiger partial charge in [0.15, 0.2) is 0 Å². The van der Waals surface area contributed by atoms with E-state index < -0.39 is 0 Å². The Morgan fingerprint density at radius 3 is 1.96 bits per heavy atom. The summed E-state index contributed by atoms with van der Waals surface area (Å²) in [5.74, 6) is 0.988.